The van der Waals surface area contributed by atoms with Crippen LogP contribution in [0.5, 0.6) is 0 Å². The van der Waals surface area contributed by atoms with Gasteiger partial charge in [0, 0.05) is 6.54 Å². The standard InChI is InChI=1S/C4H10FNS/c1-4(5,7)3-6-2/h6-7H,3H2,1-2H3. The van der Waals surface area contributed by atoms with Crippen molar-refractivity contribution in [3.8, 4) is 0 Å². The Labute approximate surface area is 48.7 Å². The van der Waals surface area contributed by atoms with Crippen LogP contribution < -0.4 is 5.32 Å². The molecule has 0 aliphatic carbocycles. The van der Waals surface area contributed by atoms with Crippen molar-refractivity contribution in [3.63, 3.8) is 0 Å². The quantitative estimate of drug-likeness (QED) is 0.518. The highest BCUT2D eigenvalue weighted by Gasteiger charge is 2.13. The van der Waals surface area contributed by atoms with Crippen LogP contribution >= 0.6 is 12.6 Å². The molecule has 0 fully saturated rings. The van der Waals surface area contributed by atoms with Gasteiger partial charge in [0.2, 0.25) is 0 Å². The summed E-state index contributed by atoms with van der Waals surface area (Å²) in [6, 6.07) is 0. The first kappa shape index (κ1) is 7.24. The lowest BCUT2D eigenvalue weighted by molar-refractivity contribution is 0.312. The maximum atomic E-state index is 12.2. The summed E-state index contributed by atoms with van der Waals surface area (Å²) in [6.45, 7) is 1.70. The Balaban J connectivity index is 3.15. The molecule has 0 radical (unpaired) electrons. The third kappa shape index (κ3) is 6.24. The van der Waals surface area contributed by atoms with Gasteiger partial charge < -0.3 is 5.32 Å². The summed E-state index contributed by atoms with van der Waals surface area (Å²) in [6.07, 6.45) is 0. The van der Waals surface area contributed by atoms with Gasteiger partial charge in [-0.2, -0.15) is 0 Å². The van der Waals surface area contributed by atoms with Gasteiger partial charge in [-0.1, -0.05) is 0 Å². The summed E-state index contributed by atoms with van der Waals surface area (Å²) >= 11 is 3.61. The van der Waals surface area contributed by atoms with E-state index in [0.717, 1.165) is 0 Å². The SMILES string of the molecule is CNCC(C)(F)S. The predicted molar refractivity (Wildman–Crippen MR) is 32.4 cm³/mol. The first-order valence-electron chi connectivity index (χ1n) is 2.12. The minimum Gasteiger partial charge on any atom is -0.316 e. The van der Waals surface area contributed by atoms with Gasteiger partial charge >= 0.3 is 0 Å². The van der Waals surface area contributed by atoms with E-state index in [1.807, 2.05) is 0 Å². The lowest BCUT2D eigenvalue weighted by Crippen LogP contribution is -2.25. The zero-order valence-corrected chi connectivity index (χ0v) is 5.43. The summed E-state index contributed by atoms with van der Waals surface area (Å²) in [5.74, 6) is 0. The maximum absolute atomic E-state index is 12.2. The summed E-state index contributed by atoms with van der Waals surface area (Å²) in [4.78, 5) is 0. The average molecular weight is 123 g/mol. The number of thiol groups is 1. The Kier molecular flexibility index (Phi) is 2.61. The van der Waals surface area contributed by atoms with Crippen LogP contribution in [-0.4, -0.2) is 18.6 Å². The second-order valence-corrected chi connectivity index (χ2v) is 2.61. The van der Waals surface area contributed by atoms with Crippen LogP contribution in [0.4, 0.5) is 4.39 Å². The number of hydrogen-bond acceptors (Lipinski definition) is 2. The number of rotatable bonds is 2. The van der Waals surface area contributed by atoms with E-state index in [1.165, 1.54) is 6.92 Å². The fourth-order valence-corrected chi connectivity index (χ4v) is 0.481. The van der Waals surface area contributed by atoms with Crippen molar-refractivity contribution in [1.29, 1.82) is 0 Å². The van der Waals surface area contributed by atoms with Crippen LogP contribution in [0, 0.1) is 0 Å². The number of nitrogens with one attached hydrogen (secondary N) is 1. The van der Waals surface area contributed by atoms with Crippen LogP contribution in [0.3, 0.4) is 0 Å². The molecule has 0 saturated heterocycles. The van der Waals surface area contributed by atoms with Crippen molar-refractivity contribution in [2.45, 2.75) is 11.9 Å². The number of alkyl halides is 1. The van der Waals surface area contributed by atoms with Crippen molar-refractivity contribution in [1.82, 2.24) is 5.32 Å². The van der Waals surface area contributed by atoms with Gasteiger partial charge in [-0.05, 0) is 14.0 Å². The van der Waals surface area contributed by atoms with E-state index >= 15 is 0 Å². The molecule has 7 heavy (non-hydrogen) atoms. The van der Waals surface area contributed by atoms with Gasteiger partial charge in [0.05, 0.1) is 0 Å². The van der Waals surface area contributed by atoms with Crippen molar-refractivity contribution in [2.24, 2.45) is 0 Å². The van der Waals surface area contributed by atoms with Gasteiger partial charge in [0.15, 0.2) is 5.00 Å². The summed E-state index contributed by atoms with van der Waals surface area (Å²) in [5, 5.41) is 1.29. The fraction of sp³-hybridized carbons (Fsp3) is 1.00. The second-order valence-electron chi connectivity index (χ2n) is 1.67. The fourth-order valence-electron chi connectivity index (χ4n) is 0.323. The summed E-state index contributed by atoms with van der Waals surface area (Å²) < 4.78 is 12.2. The number of halogens is 1. The third-order valence-electron chi connectivity index (χ3n) is 0.499. The van der Waals surface area contributed by atoms with E-state index in [4.69, 9.17) is 0 Å². The topological polar surface area (TPSA) is 12.0 Å². The van der Waals surface area contributed by atoms with E-state index < -0.39 is 5.00 Å². The van der Waals surface area contributed by atoms with Crippen molar-refractivity contribution in [3.05, 3.63) is 0 Å². The molecule has 1 unspecified atom stereocenters. The van der Waals surface area contributed by atoms with Crippen molar-refractivity contribution in [2.75, 3.05) is 13.6 Å². The Morgan fingerprint density at radius 2 is 2.29 bits per heavy atom. The minimum absolute atomic E-state index is 0.288. The zero-order valence-electron chi connectivity index (χ0n) is 4.53. The van der Waals surface area contributed by atoms with E-state index in [9.17, 15) is 4.39 Å². The van der Waals surface area contributed by atoms with Crippen LogP contribution in [-0.2, 0) is 0 Å². The minimum atomic E-state index is -1.37. The molecule has 0 aromatic carbocycles. The molecule has 0 aromatic heterocycles. The molecule has 0 aromatic rings. The number of hydrogen-bond donors (Lipinski definition) is 2. The van der Waals surface area contributed by atoms with Crippen molar-refractivity contribution >= 4 is 12.6 Å². The molecule has 0 rings (SSSR count). The van der Waals surface area contributed by atoms with E-state index in [-0.39, 0.29) is 6.54 Å². The molecule has 0 saturated carbocycles. The largest absolute Gasteiger partial charge is 0.316 e. The van der Waals surface area contributed by atoms with E-state index in [1.54, 1.807) is 7.05 Å². The molecular weight excluding hydrogens is 113 g/mol. The highest BCUT2D eigenvalue weighted by Crippen LogP contribution is 2.11. The molecule has 0 heterocycles. The van der Waals surface area contributed by atoms with Crippen LogP contribution in [0.2, 0.25) is 0 Å². The lowest BCUT2D eigenvalue weighted by Gasteiger charge is -2.10. The molecule has 44 valence electrons. The van der Waals surface area contributed by atoms with Gasteiger partial charge in [-0.3, -0.25) is 0 Å². The summed E-state index contributed by atoms with van der Waals surface area (Å²) in [7, 11) is 1.69. The van der Waals surface area contributed by atoms with Gasteiger partial charge in [-0.25, -0.2) is 4.39 Å². The molecule has 3 heteroatoms. The Morgan fingerprint density at radius 1 is 1.86 bits per heavy atom. The zero-order chi connectivity index (χ0) is 5.91. The monoisotopic (exact) mass is 123 g/mol. The van der Waals surface area contributed by atoms with Crippen LogP contribution in [0.25, 0.3) is 0 Å². The first-order valence-corrected chi connectivity index (χ1v) is 2.57. The summed E-state index contributed by atoms with van der Waals surface area (Å²) in [5.41, 5.74) is 0. The second kappa shape index (κ2) is 2.52. The van der Waals surface area contributed by atoms with Crippen LogP contribution in [0.15, 0.2) is 0 Å². The molecule has 1 nitrogen and oxygen atoms in total. The highest BCUT2D eigenvalue weighted by molar-refractivity contribution is 7.81. The van der Waals surface area contributed by atoms with Crippen molar-refractivity contribution < 1.29 is 4.39 Å². The normalized spacial score (nSPS) is 18.9. The smallest absolute Gasteiger partial charge is 0.163 e. The Bertz CT molecular complexity index is 50.1. The first-order chi connectivity index (χ1) is 3.06. The molecule has 1 N–H and O–H groups in total. The van der Waals surface area contributed by atoms with Gasteiger partial charge in [0.1, 0.15) is 0 Å². The van der Waals surface area contributed by atoms with Gasteiger partial charge in [0.25, 0.3) is 0 Å². The Hall–Kier alpha value is 0.240. The molecule has 0 aliphatic heterocycles. The average Bonchev–Trinajstić information content (AvgIpc) is 1.30. The molecule has 0 spiro atoms. The lowest BCUT2D eigenvalue weighted by atomic mass is 10.4. The molecule has 0 aliphatic rings. The maximum Gasteiger partial charge on any atom is 0.163 e. The van der Waals surface area contributed by atoms with Crippen LogP contribution in [0.1, 0.15) is 6.92 Å². The molecule has 0 amide bonds. The Morgan fingerprint density at radius 3 is 2.29 bits per heavy atom. The van der Waals surface area contributed by atoms with E-state index in [0.29, 0.717) is 0 Å². The molecule has 0 bridgehead atoms. The van der Waals surface area contributed by atoms with E-state index in [2.05, 4.69) is 17.9 Å². The van der Waals surface area contributed by atoms with Gasteiger partial charge in [-0.15, -0.1) is 12.6 Å². The third-order valence-corrected chi connectivity index (χ3v) is 0.658. The predicted octanol–water partition coefficient (Wildman–Crippen LogP) is 0.821. The highest BCUT2D eigenvalue weighted by atomic mass is 32.1. The molecule has 1 atom stereocenters. The molecular formula is C4H10FNS.